The molecule has 1 aromatic carbocycles. The molecule has 2 aliphatic carbocycles. The van der Waals surface area contributed by atoms with E-state index in [1.165, 1.54) is 21.7 Å². The number of rotatable bonds is 3. The monoisotopic (exact) mass is 380 g/mol. The third-order valence-corrected chi connectivity index (χ3v) is 6.20. The molecule has 5 heteroatoms. The molecule has 2 aromatic heterocycles. The Labute approximate surface area is 168 Å². The average molecular weight is 380 g/mol. The number of allylic oxidation sites excluding steroid dienone is 4. The highest BCUT2D eigenvalue weighted by atomic mass is 16.1. The van der Waals surface area contributed by atoms with Gasteiger partial charge in [-0.15, -0.1) is 10.2 Å². The van der Waals surface area contributed by atoms with E-state index >= 15 is 0 Å². The van der Waals surface area contributed by atoms with Crippen LogP contribution in [0.15, 0.2) is 61.1 Å². The predicted molar refractivity (Wildman–Crippen MR) is 112 cm³/mol. The topological polar surface area (TPSA) is 52.7 Å². The quantitative estimate of drug-likeness (QED) is 0.701. The van der Waals surface area contributed by atoms with Gasteiger partial charge >= 0.3 is 0 Å². The molecule has 0 fully saturated rings. The highest BCUT2D eigenvalue weighted by molar-refractivity contribution is 6.07. The van der Waals surface area contributed by atoms with Crippen molar-refractivity contribution in [2.75, 3.05) is 0 Å². The van der Waals surface area contributed by atoms with Gasteiger partial charge in [0.15, 0.2) is 11.6 Å². The zero-order chi connectivity index (χ0) is 19.4. The SMILES string of the molecule is O=C1C=CC2=C(C1CCc1ccccc1)n1ccc3c1=C(CCC=3)c1nncn12. The lowest BCUT2D eigenvalue weighted by atomic mass is 9.87. The van der Waals surface area contributed by atoms with Crippen LogP contribution in [0.3, 0.4) is 0 Å². The summed E-state index contributed by atoms with van der Waals surface area (Å²) in [6, 6.07) is 12.5. The molecule has 1 aliphatic heterocycles. The molecular weight excluding hydrogens is 360 g/mol. The van der Waals surface area contributed by atoms with Crippen molar-refractivity contribution in [3.63, 3.8) is 0 Å². The second kappa shape index (κ2) is 6.27. The minimum atomic E-state index is -0.191. The highest BCUT2D eigenvalue weighted by Crippen LogP contribution is 2.35. The van der Waals surface area contributed by atoms with Gasteiger partial charge in [-0.05, 0) is 54.7 Å². The molecule has 0 bridgehead atoms. The zero-order valence-electron chi connectivity index (χ0n) is 16.0. The Kier molecular flexibility index (Phi) is 3.57. The lowest BCUT2D eigenvalue weighted by molar-refractivity contribution is -0.116. The molecule has 0 radical (unpaired) electrons. The van der Waals surface area contributed by atoms with Gasteiger partial charge in [0.1, 0.15) is 6.33 Å². The number of fused-ring (bicyclic) bond motifs is 4. The number of hydrogen-bond acceptors (Lipinski definition) is 3. The van der Waals surface area contributed by atoms with Crippen LogP contribution in [0.1, 0.15) is 30.7 Å². The van der Waals surface area contributed by atoms with Crippen LogP contribution >= 0.6 is 0 Å². The van der Waals surface area contributed by atoms with Crippen LogP contribution in [0.5, 0.6) is 0 Å². The molecule has 0 saturated heterocycles. The van der Waals surface area contributed by atoms with E-state index in [1.54, 1.807) is 12.4 Å². The summed E-state index contributed by atoms with van der Waals surface area (Å²) in [7, 11) is 0. The van der Waals surface area contributed by atoms with E-state index < -0.39 is 0 Å². The van der Waals surface area contributed by atoms with Gasteiger partial charge in [0, 0.05) is 11.8 Å². The summed E-state index contributed by atoms with van der Waals surface area (Å²) in [5, 5.41) is 11.0. The average Bonchev–Trinajstić information content (AvgIpc) is 3.38. The first-order valence-electron chi connectivity index (χ1n) is 10.1. The maximum Gasteiger partial charge on any atom is 0.166 e. The maximum atomic E-state index is 13.0. The molecule has 1 unspecified atom stereocenters. The Bertz CT molecular complexity index is 1320. The number of carbonyl (C=O) groups excluding carboxylic acids is 1. The Morgan fingerprint density at radius 3 is 2.86 bits per heavy atom. The lowest BCUT2D eigenvalue weighted by Gasteiger charge is -2.25. The Morgan fingerprint density at radius 1 is 1.07 bits per heavy atom. The first-order chi connectivity index (χ1) is 14.3. The van der Waals surface area contributed by atoms with Gasteiger partial charge in [-0.1, -0.05) is 36.4 Å². The molecular formula is C24H20N4O. The normalized spacial score (nSPS) is 19.4. The van der Waals surface area contributed by atoms with Crippen molar-refractivity contribution in [2.24, 2.45) is 5.92 Å². The number of aromatic nitrogens is 4. The standard InChI is InChI=1S/C24H20N4O/c29-21-12-11-20-23(18(21)10-9-16-5-2-1-3-6-16)27-14-13-17-7-4-8-19(22(17)27)24-26-25-15-28(20)24/h1-3,5-7,11-15,18H,4,8-10H2. The number of nitrogens with zero attached hydrogens (tertiary/aromatic N) is 4. The molecule has 0 saturated carbocycles. The minimum Gasteiger partial charge on any atom is -0.317 e. The van der Waals surface area contributed by atoms with Crippen LogP contribution in [-0.2, 0) is 11.2 Å². The summed E-state index contributed by atoms with van der Waals surface area (Å²) >= 11 is 0. The molecule has 0 spiro atoms. The summed E-state index contributed by atoms with van der Waals surface area (Å²) < 4.78 is 4.30. The van der Waals surface area contributed by atoms with Crippen molar-refractivity contribution in [3.05, 3.63) is 83.0 Å². The van der Waals surface area contributed by atoms with E-state index in [4.69, 9.17) is 0 Å². The van der Waals surface area contributed by atoms with E-state index in [0.29, 0.717) is 0 Å². The molecule has 5 nitrogen and oxygen atoms in total. The molecule has 0 N–H and O–H groups in total. The fourth-order valence-corrected chi connectivity index (χ4v) is 4.86. The summed E-state index contributed by atoms with van der Waals surface area (Å²) in [5.41, 5.74) is 4.51. The van der Waals surface area contributed by atoms with Crippen molar-refractivity contribution in [3.8, 4) is 0 Å². The number of benzene rings is 1. The van der Waals surface area contributed by atoms with Gasteiger partial charge in [0.2, 0.25) is 0 Å². The van der Waals surface area contributed by atoms with Gasteiger partial charge in [-0.2, -0.15) is 0 Å². The van der Waals surface area contributed by atoms with Crippen LogP contribution in [-0.4, -0.2) is 25.1 Å². The molecule has 3 aliphatic rings. The van der Waals surface area contributed by atoms with Crippen LogP contribution in [0.2, 0.25) is 0 Å². The van der Waals surface area contributed by atoms with Crippen LogP contribution < -0.4 is 10.6 Å². The van der Waals surface area contributed by atoms with Gasteiger partial charge in [0.25, 0.3) is 0 Å². The predicted octanol–water partition coefficient (Wildman–Crippen LogP) is 2.38. The Balaban J connectivity index is 1.56. The van der Waals surface area contributed by atoms with Crippen molar-refractivity contribution in [1.29, 1.82) is 0 Å². The second-order valence-electron chi connectivity index (χ2n) is 7.82. The van der Waals surface area contributed by atoms with Crippen LogP contribution in [0.4, 0.5) is 0 Å². The molecule has 142 valence electrons. The van der Waals surface area contributed by atoms with Gasteiger partial charge in [-0.25, -0.2) is 0 Å². The maximum absolute atomic E-state index is 13.0. The summed E-state index contributed by atoms with van der Waals surface area (Å²) in [4.78, 5) is 13.0. The highest BCUT2D eigenvalue weighted by Gasteiger charge is 2.33. The van der Waals surface area contributed by atoms with E-state index in [-0.39, 0.29) is 11.7 Å². The molecule has 1 atom stereocenters. The van der Waals surface area contributed by atoms with Crippen LogP contribution in [0, 0.1) is 5.92 Å². The summed E-state index contributed by atoms with van der Waals surface area (Å²) in [6.45, 7) is 0. The minimum absolute atomic E-state index is 0.167. The van der Waals surface area contributed by atoms with Crippen molar-refractivity contribution < 1.29 is 4.79 Å². The molecule has 29 heavy (non-hydrogen) atoms. The smallest absolute Gasteiger partial charge is 0.166 e. The molecule has 3 aromatic rings. The lowest BCUT2D eigenvalue weighted by Crippen LogP contribution is -2.35. The zero-order valence-corrected chi connectivity index (χ0v) is 16.0. The summed E-state index contributed by atoms with van der Waals surface area (Å²) in [6.07, 6.45) is 13.4. The number of aryl methyl sites for hydroxylation is 1. The molecule has 6 rings (SSSR count). The Hall–Kier alpha value is -3.47. The third kappa shape index (κ3) is 2.43. The largest absolute Gasteiger partial charge is 0.317 e. The van der Waals surface area contributed by atoms with Gasteiger partial charge < -0.3 is 4.57 Å². The van der Waals surface area contributed by atoms with E-state index in [2.05, 4.69) is 61.9 Å². The van der Waals surface area contributed by atoms with E-state index in [0.717, 1.165) is 42.9 Å². The molecule has 0 amide bonds. The van der Waals surface area contributed by atoms with Crippen molar-refractivity contribution >= 4 is 28.8 Å². The van der Waals surface area contributed by atoms with Crippen molar-refractivity contribution in [2.45, 2.75) is 25.7 Å². The fourth-order valence-electron chi connectivity index (χ4n) is 4.86. The number of hydrogen-bond donors (Lipinski definition) is 0. The van der Waals surface area contributed by atoms with Gasteiger partial charge in [0.05, 0.1) is 22.7 Å². The second-order valence-corrected chi connectivity index (χ2v) is 7.82. The first kappa shape index (κ1) is 16.5. The first-order valence-corrected chi connectivity index (χ1v) is 10.1. The number of carbonyl (C=O) groups is 1. The van der Waals surface area contributed by atoms with Crippen LogP contribution in [0.25, 0.3) is 23.0 Å². The number of ketones is 1. The van der Waals surface area contributed by atoms with Gasteiger partial charge in [-0.3, -0.25) is 9.36 Å². The Morgan fingerprint density at radius 2 is 1.97 bits per heavy atom. The summed E-state index contributed by atoms with van der Waals surface area (Å²) in [5.74, 6) is 0.869. The third-order valence-electron chi connectivity index (χ3n) is 6.20. The van der Waals surface area contributed by atoms with E-state index in [9.17, 15) is 4.79 Å². The van der Waals surface area contributed by atoms with Crippen molar-refractivity contribution in [1.82, 2.24) is 19.3 Å². The molecule has 3 heterocycles. The fraction of sp³-hybridized carbons (Fsp3) is 0.208. The van der Waals surface area contributed by atoms with E-state index in [1.807, 2.05) is 12.1 Å².